The van der Waals surface area contributed by atoms with E-state index in [1.807, 2.05) is 4.90 Å². The van der Waals surface area contributed by atoms with Gasteiger partial charge in [-0.15, -0.1) is 0 Å². The van der Waals surface area contributed by atoms with Crippen molar-refractivity contribution in [2.24, 2.45) is 11.8 Å². The predicted molar refractivity (Wildman–Crippen MR) is 96.2 cm³/mol. The van der Waals surface area contributed by atoms with Crippen LogP contribution in [0.4, 0.5) is 4.79 Å². The standard InChI is InChI=1S/C19H32N4O2/c24-18(20-12-14-3-4-14)15-2-1-9-23(13-15)19(25)21-16-7-10-22(11-8-16)17-5-6-17/h14-17H,1-13H2,(H,20,24)(H,21,25). The molecule has 0 bridgehead atoms. The molecule has 1 unspecified atom stereocenters. The van der Waals surface area contributed by atoms with Gasteiger partial charge in [0.15, 0.2) is 0 Å². The van der Waals surface area contributed by atoms with Crippen molar-refractivity contribution in [1.82, 2.24) is 20.4 Å². The highest BCUT2D eigenvalue weighted by atomic mass is 16.2. The van der Waals surface area contributed by atoms with Crippen LogP contribution in [0.2, 0.25) is 0 Å². The second-order valence-corrected chi connectivity index (χ2v) is 8.46. The monoisotopic (exact) mass is 348 g/mol. The fourth-order valence-corrected chi connectivity index (χ4v) is 4.20. The maximum absolute atomic E-state index is 12.6. The van der Waals surface area contributed by atoms with Gasteiger partial charge < -0.3 is 20.4 Å². The summed E-state index contributed by atoms with van der Waals surface area (Å²) in [7, 11) is 0. The summed E-state index contributed by atoms with van der Waals surface area (Å²) in [6.07, 6.45) is 9.15. The molecule has 4 aliphatic rings. The van der Waals surface area contributed by atoms with Crippen LogP contribution in [-0.4, -0.2) is 66.5 Å². The van der Waals surface area contributed by atoms with Crippen molar-refractivity contribution in [2.45, 2.75) is 63.5 Å². The molecule has 6 heteroatoms. The van der Waals surface area contributed by atoms with Gasteiger partial charge in [0.1, 0.15) is 0 Å². The molecular formula is C19H32N4O2. The Morgan fingerprint density at radius 3 is 2.36 bits per heavy atom. The van der Waals surface area contributed by atoms with Gasteiger partial charge in [-0.2, -0.15) is 0 Å². The molecule has 4 rings (SSSR count). The number of amides is 3. The van der Waals surface area contributed by atoms with Crippen LogP contribution in [0, 0.1) is 11.8 Å². The van der Waals surface area contributed by atoms with E-state index in [-0.39, 0.29) is 17.9 Å². The highest BCUT2D eigenvalue weighted by Gasteiger charge is 2.34. The lowest BCUT2D eigenvalue weighted by molar-refractivity contribution is -0.126. The Hall–Kier alpha value is -1.30. The Balaban J connectivity index is 1.20. The summed E-state index contributed by atoms with van der Waals surface area (Å²) in [6, 6.07) is 1.16. The Morgan fingerprint density at radius 2 is 1.68 bits per heavy atom. The first-order valence-corrected chi connectivity index (χ1v) is 10.3. The van der Waals surface area contributed by atoms with E-state index < -0.39 is 0 Å². The average Bonchev–Trinajstić information content (AvgIpc) is 3.54. The molecule has 2 aliphatic heterocycles. The van der Waals surface area contributed by atoms with E-state index in [1.54, 1.807) is 0 Å². The van der Waals surface area contributed by atoms with Crippen LogP contribution in [0.15, 0.2) is 0 Å². The van der Waals surface area contributed by atoms with Crippen LogP contribution >= 0.6 is 0 Å². The third kappa shape index (κ3) is 4.66. The Kier molecular flexibility index (Phi) is 5.15. The Labute approximate surface area is 150 Å². The van der Waals surface area contributed by atoms with Crippen LogP contribution in [-0.2, 0) is 4.79 Å². The number of carbonyl (C=O) groups excluding carboxylic acids is 2. The van der Waals surface area contributed by atoms with Crippen LogP contribution in [0.5, 0.6) is 0 Å². The summed E-state index contributed by atoms with van der Waals surface area (Å²) in [5.74, 6) is 0.811. The maximum Gasteiger partial charge on any atom is 0.317 e. The molecule has 2 saturated carbocycles. The molecule has 2 saturated heterocycles. The molecule has 1 atom stereocenters. The van der Waals surface area contributed by atoms with Gasteiger partial charge in [0.2, 0.25) is 5.91 Å². The zero-order valence-corrected chi connectivity index (χ0v) is 15.2. The number of hydrogen-bond acceptors (Lipinski definition) is 3. The van der Waals surface area contributed by atoms with Crippen LogP contribution in [0.25, 0.3) is 0 Å². The Morgan fingerprint density at radius 1 is 0.920 bits per heavy atom. The molecule has 0 aromatic carbocycles. The highest BCUT2D eigenvalue weighted by Crippen LogP contribution is 2.29. The molecule has 2 heterocycles. The van der Waals surface area contributed by atoms with Gasteiger partial charge in [0.05, 0.1) is 5.92 Å². The summed E-state index contributed by atoms with van der Waals surface area (Å²) in [5.41, 5.74) is 0. The minimum atomic E-state index is -0.0324. The van der Waals surface area contributed by atoms with Crippen LogP contribution in [0.1, 0.15) is 51.4 Å². The lowest BCUT2D eigenvalue weighted by Crippen LogP contribution is -2.53. The van der Waals surface area contributed by atoms with Crippen molar-refractivity contribution in [3.8, 4) is 0 Å². The zero-order valence-electron chi connectivity index (χ0n) is 15.2. The summed E-state index contributed by atoms with van der Waals surface area (Å²) in [5, 5.41) is 6.29. The molecule has 2 N–H and O–H groups in total. The maximum atomic E-state index is 12.6. The zero-order chi connectivity index (χ0) is 17.2. The van der Waals surface area contributed by atoms with Gasteiger partial charge >= 0.3 is 6.03 Å². The molecule has 0 aromatic heterocycles. The van der Waals surface area contributed by atoms with Gasteiger partial charge in [-0.05, 0) is 57.3 Å². The summed E-state index contributed by atoms with van der Waals surface area (Å²) in [4.78, 5) is 29.4. The molecule has 140 valence electrons. The van der Waals surface area contributed by atoms with Gasteiger partial charge in [-0.1, -0.05) is 0 Å². The summed E-state index contributed by atoms with van der Waals surface area (Å²) in [6.45, 7) is 4.40. The van der Waals surface area contributed by atoms with Crippen molar-refractivity contribution in [3.05, 3.63) is 0 Å². The fraction of sp³-hybridized carbons (Fsp3) is 0.895. The van der Waals surface area contributed by atoms with Gasteiger partial charge in [-0.25, -0.2) is 4.79 Å². The molecule has 0 spiro atoms. The lowest BCUT2D eigenvalue weighted by atomic mass is 9.97. The van der Waals surface area contributed by atoms with Crippen LogP contribution in [0.3, 0.4) is 0 Å². The smallest absolute Gasteiger partial charge is 0.317 e. The first-order valence-electron chi connectivity index (χ1n) is 10.3. The van der Waals surface area contributed by atoms with Crippen molar-refractivity contribution in [1.29, 1.82) is 0 Å². The highest BCUT2D eigenvalue weighted by molar-refractivity contribution is 5.81. The molecule has 0 aromatic rings. The molecule has 0 radical (unpaired) electrons. The largest absolute Gasteiger partial charge is 0.356 e. The fourth-order valence-electron chi connectivity index (χ4n) is 4.20. The SMILES string of the molecule is O=C(NCC1CC1)C1CCCN(C(=O)NC2CCN(C3CC3)CC2)C1. The third-order valence-electron chi connectivity index (χ3n) is 6.26. The normalized spacial score (nSPS) is 28.6. The first-order chi connectivity index (χ1) is 12.2. The van der Waals surface area contributed by atoms with Crippen molar-refractivity contribution in [3.63, 3.8) is 0 Å². The predicted octanol–water partition coefficient (Wildman–Crippen LogP) is 1.56. The quantitative estimate of drug-likeness (QED) is 0.792. The van der Waals surface area contributed by atoms with Gasteiger partial charge in [-0.3, -0.25) is 4.79 Å². The van der Waals surface area contributed by atoms with E-state index in [4.69, 9.17) is 0 Å². The summed E-state index contributed by atoms with van der Waals surface area (Å²) < 4.78 is 0. The lowest BCUT2D eigenvalue weighted by Gasteiger charge is -2.36. The number of piperidine rings is 2. The number of nitrogens with one attached hydrogen (secondary N) is 2. The molecule has 6 nitrogen and oxygen atoms in total. The Bertz CT molecular complexity index is 496. The third-order valence-corrected chi connectivity index (χ3v) is 6.26. The van der Waals surface area contributed by atoms with Gasteiger partial charge in [0, 0.05) is 44.8 Å². The minimum absolute atomic E-state index is 0.0320. The van der Waals surface area contributed by atoms with Crippen molar-refractivity contribution in [2.75, 3.05) is 32.7 Å². The van der Waals surface area contributed by atoms with E-state index in [9.17, 15) is 9.59 Å². The van der Waals surface area contributed by atoms with Crippen LogP contribution < -0.4 is 10.6 Å². The number of urea groups is 1. The van der Waals surface area contributed by atoms with E-state index in [0.29, 0.717) is 18.5 Å². The number of nitrogens with zero attached hydrogens (tertiary/aromatic N) is 2. The number of rotatable bonds is 5. The average molecular weight is 348 g/mol. The van der Waals surface area contributed by atoms with E-state index in [1.165, 1.54) is 25.7 Å². The first kappa shape index (κ1) is 17.1. The number of likely N-dealkylation sites (tertiary alicyclic amines) is 2. The molecule has 3 amide bonds. The van der Waals surface area contributed by atoms with E-state index >= 15 is 0 Å². The second-order valence-electron chi connectivity index (χ2n) is 8.46. The molecule has 4 fully saturated rings. The summed E-state index contributed by atoms with van der Waals surface area (Å²) >= 11 is 0. The van der Waals surface area contributed by atoms with Crippen molar-refractivity contribution < 1.29 is 9.59 Å². The topological polar surface area (TPSA) is 64.7 Å². The molecule has 25 heavy (non-hydrogen) atoms. The minimum Gasteiger partial charge on any atom is -0.356 e. The van der Waals surface area contributed by atoms with Crippen molar-refractivity contribution >= 4 is 11.9 Å². The number of hydrogen-bond donors (Lipinski definition) is 2. The van der Waals surface area contributed by atoms with E-state index in [2.05, 4.69) is 15.5 Å². The molecule has 2 aliphatic carbocycles. The number of carbonyl (C=O) groups is 2. The second kappa shape index (κ2) is 7.52. The van der Waals surface area contributed by atoms with E-state index in [0.717, 1.165) is 57.9 Å². The molecular weight excluding hydrogens is 316 g/mol. The van der Waals surface area contributed by atoms with Gasteiger partial charge in [0.25, 0.3) is 0 Å².